The van der Waals surface area contributed by atoms with Crippen molar-refractivity contribution in [3.05, 3.63) is 0 Å². The number of rotatable bonds is 2. The molecule has 0 radical (unpaired) electrons. The van der Waals surface area contributed by atoms with Crippen molar-refractivity contribution in [2.75, 3.05) is 6.61 Å². The molecular weight excluding hydrogens is 168 g/mol. The van der Waals surface area contributed by atoms with Crippen LogP contribution in [0.3, 0.4) is 0 Å². The first-order valence-corrected chi connectivity index (χ1v) is 2.89. The van der Waals surface area contributed by atoms with Crippen LogP contribution >= 0.6 is 0 Å². The fraction of sp³-hybridized carbons (Fsp3) is 0.333. The lowest BCUT2D eigenvalue weighted by Gasteiger charge is -1.91. The van der Waals surface area contributed by atoms with Gasteiger partial charge >= 0.3 is 11.9 Å². The van der Waals surface area contributed by atoms with E-state index < -0.39 is 11.9 Å². The summed E-state index contributed by atoms with van der Waals surface area (Å²) in [6, 6.07) is 0. The van der Waals surface area contributed by atoms with E-state index in [9.17, 15) is 9.59 Å². The van der Waals surface area contributed by atoms with Gasteiger partial charge in [0.15, 0.2) is 12.6 Å². The molecule has 0 atom stereocenters. The molecule has 0 saturated heterocycles. The first-order valence-electron chi connectivity index (χ1n) is 2.89. The van der Waals surface area contributed by atoms with Gasteiger partial charge < -0.3 is 9.84 Å². The Morgan fingerprint density at radius 1 is 1.33 bits per heavy atom. The molecular formula is C6H8O6. The van der Waals surface area contributed by atoms with E-state index in [0.717, 1.165) is 0 Å². The number of aliphatic carboxylic acids is 1. The van der Waals surface area contributed by atoms with Gasteiger partial charge in [-0.2, -0.15) is 0 Å². The minimum Gasteiger partial charge on any atom is -0.473 e. The molecule has 6 heteroatoms. The van der Waals surface area contributed by atoms with Crippen molar-refractivity contribution < 1.29 is 29.0 Å². The molecule has 0 fully saturated rings. The van der Waals surface area contributed by atoms with Crippen LogP contribution in [-0.2, 0) is 23.9 Å². The molecule has 0 heterocycles. The van der Waals surface area contributed by atoms with E-state index in [4.69, 9.17) is 14.7 Å². The number of hydrogen-bond donors (Lipinski definition) is 1. The van der Waals surface area contributed by atoms with Gasteiger partial charge in [0, 0.05) is 0 Å². The monoisotopic (exact) mass is 176 g/mol. The highest BCUT2D eigenvalue weighted by atomic mass is 16.6. The van der Waals surface area contributed by atoms with Gasteiger partial charge in [-0.3, -0.25) is 9.59 Å². The Morgan fingerprint density at radius 2 is 1.75 bits per heavy atom. The van der Waals surface area contributed by atoms with Crippen LogP contribution in [0.25, 0.3) is 0 Å². The highest BCUT2D eigenvalue weighted by Crippen LogP contribution is 1.74. The molecule has 0 bridgehead atoms. The van der Waals surface area contributed by atoms with Crippen LogP contribution in [0.4, 0.5) is 0 Å². The smallest absolute Gasteiger partial charge is 0.417 e. The maximum Gasteiger partial charge on any atom is 0.417 e. The Kier molecular flexibility index (Phi) is 9.99. The molecule has 6 nitrogen and oxygen atoms in total. The lowest BCUT2D eigenvalue weighted by atomic mass is 10.7. The summed E-state index contributed by atoms with van der Waals surface area (Å²) < 4.78 is 4.06. The first-order chi connectivity index (χ1) is 5.59. The Balaban J connectivity index is 0. The second kappa shape index (κ2) is 9.28. The molecule has 0 amide bonds. The van der Waals surface area contributed by atoms with Gasteiger partial charge in [-0.25, -0.2) is 9.59 Å². The predicted octanol–water partition coefficient (Wildman–Crippen LogP) is -0.982. The predicted molar refractivity (Wildman–Crippen MR) is 36.4 cm³/mol. The van der Waals surface area contributed by atoms with Crippen molar-refractivity contribution in [3.63, 3.8) is 0 Å². The maximum absolute atomic E-state index is 9.92. The quantitative estimate of drug-likeness (QED) is 0.330. The summed E-state index contributed by atoms with van der Waals surface area (Å²) in [5.74, 6) is -2.75. The molecule has 0 aromatic heterocycles. The Morgan fingerprint density at radius 3 is 1.83 bits per heavy atom. The number of carbonyl (C=O) groups is 4. The third kappa shape index (κ3) is 11.1. The third-order valence-electron chi connectivity index (χ3n) is 0.506. The number of esters is 1. The summed E-state index contributed by atoms with van der Waals surface area (Å²) in [6.45, 7) is 1.64. The van der Waals surface area contributed by atoms with Crippen molar-refractivity contribution in [1.29, 1.82) is 0 Å². The standard InChI is InChI=1S/C4H6O4.C2H2O2/c1-2-8-4(7)3(5)6;3-1-2-4/h2H2,1H3,(H,5,6);1-2H. The topological polar surface area (TPSA) is 97.7 Å². The summed E-state index contributed by atoms with van der Waals surface area (Å²) >= 11 is 0. The third-order valence-corrected chi connectivity index (χ3v) is 0.506. The van der Waals surface area contributed by atoms with Crippen molar-refractivity contribution >= 4 is 24.5 Å². The fourth-order valence-corrected chi connectivity index (χ4v) is 0.193. The number of carboxylic acid groups (broad SMARTS) is 1. The van der Waals surface area contributed by atoms with Crippen LogP contribution < -0.4 is 0 Å². The molecule has 0 aliphatic carbocycles. The van der Waals surface area contributed by atoms with E-state index in [1.54, 1.807) is 6.92 Å². The lowest BCUT2D eigenvalue weighted by Crippen LogP contribution is -2.15. The fourth-order valence-electron chi connectivity index (χ4n) is 0.193. The van der Waals surface area contributed by atoms with Crippen LogP contribution in [0.15, 0.2) is 0 Å². The Bertz CT molecular complexity index is 167. The van der Waals surface area contributed by atoms with Gasteiger partial charge in [-0.15, -0.1) is 0 Å². The molecule has 0 aromatic rings. The zero-order valence-electron chi connectivity index (χ0n) is 6.35. The largest absolute Gasteiger partial charge is 0.473 e. The lowest BCUT2D eigenvalue weighted by molar-refractivity contribution is -0.163. The molecule has 0 saturated carbocycles. The second-order valence-corrected chi connectivity index (χ2v) is 1.30. The van der Waals surface area contributed by atoms with Crippen LogP contribution in [0.5, 0.6) is 0 Å². The van der Waals surface area contributed by atoms with E-state index in [0.29, 0.717) is 0 Å². The highest BCUT2D eigenvalue weighted by molar-refractivity contribution is 6.28. The van der Waals surface area contributed by atoms with Gasteiger partial charge in [0.25, 0.3) is 0 Å². The average molecular weight is 176 g/mol. The molecule has 0 spiro atoms. The van der Waals surface area contributed by atoms with Gasteiger partial charge in [0.2, 0.25) is 0 Å². The van der Waals surface area contributed by atoms with Crippen molar-refractivity contribution in [1.82, 2.24) is 0 Å². The molecule has 0 rings (SSSR count). The summed E-state index contributed by atoms with van der Waals surface area (Å²) in [4.78, 5) is 37.1. The summed E-state index contributed by atoms with van der Waals surface area (Å²) in [7, 11) is 0. The summed E-state index contributed by atoms with van der Waals surface area (Å²) in [6.07, 6.45) is 0.389. The second-order valence-electron chi connectivity index (χ2n) is 1.30. The molecule has 0 aliphatic rings. The van der Waals surface area contributed by atoms with Crippen LogP contribution in [0.2, 0.25) is 0 Å². The maximum atomic E-state index is 9.92. The van der Waals surface area contributed by atoms with Crippen LogP contribution in [0.1, 0.15) is 6.92 Å². The van der Waals surface area contributed by atoms with Gasteiger partial charge in [0.1, 0.15) is 0 Å². The minimum absolute atomic E-state index is 0.102. The SMILES string of the molecule is CCOC(=O)C(=O)O.O=CC=O. The van der Waals surface area contributed by atoms with Crippen LogP contribution in [-0.4, -0.2) is 36.2 Å². The van der Waals surface area contributed by atoms with E-state index >= 15 is 0 Å². The van der Waals surface area contributed by atoms with Gasteiger partial charge in [-0.1, -0.05) is 0 Å². The van der Waals surface area contributed by atoms with E-state index in [-0.39, 0.29) is 19.2 Å². The molecule has 68 valence electrons. The number of hydrogen-bond acceptors (Lipinski definition) is 5. The average Bonchev–Trinajstić information content (AvgIpc) is 2.05. The molecule has 0 aliphatic heterocycles. The summed E-state index contributed by atoms with van der Waals surface area (Å²) in [5, 5.41) is 7.84. The van der Waals surface area contributed by atoms with Crippen molar-refractivity contribution in [3.8, 4) is 0 Å². The Labute approximate surface area is 68.1 Å². The number of ether oxygens (including phenoxy) is 1. The van der Waals surface area contributed by atoms with Gasteiger partial charge in [-0.05, 0) is 6.92 Å². The highest BCUT2D eigenvalue weighted by Gasteiger charge is 2.09. The van der Waals surface area contributed by atoms with Crippen LogP contribution in [0, 0.1) is 0 Å². The molecule has 12 heavy (non-hydrogen) atoms. The molecule has 0 unspecified atom stereocenters. The normalized spacial score (nSPS) is 7.08. The number of carboxylic acids is 1. The van der Waals surface area contributed by atoms with E-state index in [2.05, 4.69) is 4.74 Å². The minimum atomic E-state index is -1.55. The van der Waals surface area contributed by atoms with Crippen molar-refractivity contribution in [2.24, 2.45) is 0 Å². The molecule has 0 aromatic carbocycles. The van der Waals surface area contributed by atoms with Gasteiger partial charge in [0.05, 0.1) is 6.61 Å². The van der Waals surface area contributed by atoms with E-state index in [1.165, 1.54) is 0 Å². The van der Waals surface area contributed by atoms with E-state index in [1.807, 2.05) is 0 Å². The number of carbonyl (C=O) groups excluding carboxylic acids is 3. The zero-order chi connectivity index (χ0) is 9.98. The Hall–Kier alpha value is -1.72. The zero-order valence-corrected chi connectivity index (χ0v) is 6.35. The molecule has 1 N–H and O–H groups in total. The first kappa shape index (κ1) is 12.9. The van der Waals surface area contributed by atoms with Crippen molar-refractivity contribution in [2.45, 2.75) is 6.92 Å². The number of aldehydes is 2. The summed E-state index contributed by atoms with van der Waals surface area (Å²) in [5.41, 5.74) is 0.